The summed E-state index contributed by atoms with van der Waals surface area (Å²) in [6.07, 6.45) is 6.74. The van der Waals surface area contributed by atoms with E-state index in [1.54, 1.807) is 17.3 Å². The molecule has 0 atom stereocenters. The third-order valence-corrected chi connectivity index (χ3v) is 4.37. The molecule has 0 unspecified atom stereocenters. The summed E-state index contributed by atoms with van der Waals surface area (Å²) in [5, 5.41) is 10.7. The van der Waals surface area contributed by atoms with Gasteiger partial charge < -0.3 is 15.5 Å². The zero-order valence-electron chi connectivity index (χ0n) is 14.9. The second kappa shape index (κ2) is 7.96. The van der Waals surface area contributed by atoms with Crippen molar-refractivity contribution in [3.8, 4) is 0 Å². The number of carbonyl (C=O) groups is 1. The Morgan fingerprint density at radius 2 is 1.89 bits per heavy atom. The number of piperazine rings is 1. The van der Waals surface area contributed by atoms with Crippen LogP contribution in [0.4, 0.5) is 11.5 Å². The Morgan fingerprint density at radius 3 is 2.63 bits per heavy atom. The SMILES string of the molecule is O=C(c1cnc(Nc2cnn(Cc3ccccc3)c2)cn1)N1CCNCC1. The topological polar surface area (TPSA) is 88.0 Å². The molecule has 138 valence electrons. The van der Waals surface area contributed by atoms with Crippen LogP contribution in [0.15, 0.2) is 55.1 Å². The van der Waals surface area contributed by atoms with Gasteiger partial charge in [-0.15, -0.1) is 0 Å². The lowest BCUT2D eigenvalue weighted by Crippen LogP contribution is -2.46. The van der Waals surface area contributed by atoms with Crippen LogP contribution >= 0.6 is 0 Å². The molecule has 0 saturated carbocycles. The number of carbonyl (C=O) groups excluding carboxylic acids is 1. The fraction of sp³-hybridized carbons (Fsp3) is 0.263. The van der Waals surface area contributed by atoms with Crippen molar-refractivity contribution in [3.63, 3.8) is 0 Å². The molecule has 4 rings (SSSR count). The molecule has 1 amide bonds. The normalized spacial score (nSPS) is 14.1. The van der Waals surface area contributed by atoms with Gasteiger partial charge >= 0.3 is 0 Å². The van der Waals surface area contributed by atoms with Gasteiger partial charge in [0, 0.05) is 32.4 Å². The average molecular weight is 363 g/mol. The number of nitrogens with one attached hydrogen (secondary N) is 2. The van der Waals surface area contributed by atoms with Crippen molar-refractivity contribution in [3.05, 3.63) is 66.4 Å². The van der Waals surface area contributed by atoms with Crippen LogP contribution in [0, 0.1) is 0 Å². The van der Waals surface area contributed by atoms with E-state index < -0.39 is 0 Å². The van der Waals surface area contributed by atoms with Crippen molar-refractivity contribution < 1.29 is 4.79 Å². The second-order valence-corrected chi connectivity index (χ2v) is 6.37. The number of rotatable bonds is 5. The highest BCUT2D eigenvalue weighted by Crippen LogP contribution is 2.14. The maximum Gasteiger partial charge on any atom is 0.274 e. The van der Waals surface area contributed by atoms with Crippen LogP contribution in [0.1, 0.15) is 16.1 Å². The Balaban J connectivity index is 1.38. The maximum absolute atomic E-state index is 12.4. The Labute approximate surface area is 157 Å². The van der Waals surface area contributed by atoms with E-state index >= 15 is 0 Å². The van der Waals surface area contributed by atoms with Crippen molar-refractivity contribution >= 4 is 17.4 Å². The molecule has 0 spiro atoms. The predicted molar refractivity (Wildman–Crippen MR) is 102 cm³/mol. The first-order valence-electron chi connectivity index (χ1n) is 8.93. The molecule has 1 fully saturated rings. The van der Waals surface area contributed by atoms with E-state index in [2.05, 4.69) is 37.8 Å². The molecule has 2 aromatic heterocycles. The number of nitrogens with zero attached hydrogens (tertiary/aromatic N) is 5. The first-order valence-corrected chi connectivity index (χ1v) is 8.93. The number of benzene rings is 1. The largest absolute Gasteiger partial charge is 0.336 e. The fourth-order valence-electron chi connectivity index (χ4n) is 2.97. The number of aromatic nitrogens is 4. The Hall–Kier alpha value is -3.26. The molecule has 3 heterocycles. The molecule has 8 nitrogen and oxygen atoms in total. The maximum atomic E-state index is 12.4. The van der Waals surface area contributed by atoms with Crippen molar-refractivity contribution in [1.82, 2.24) is 30.0 Å². The van der Waals surface area contributed by atoms with Crippen LogP contribution in [0.3, 0.4) is 0 Å². The molecule has 1 aromatic carbocycles. The minimum atomic E-state index is -0.0776. The molecular weight excluding hydrogens is 342 g/mol. The van der Waals surface area contributed by atoms with Crippen LogP contribution in [-0.2, 0) is 6.54 Å². The summed E-state index contributed by atoms with van der Waals surface area (Å²) >= 11 is 0. The third kappa shape index (κ3) is 4.29. The lowest BCUT2D eigenvalue weighted by Gasteiger charge is -2.26. The fourth-order valence-corrected chi connectivity index (χ4v) is 2.97. The highest BCUT2D eigenvalue weighted by Gasteiger charge is 2.19. The highest BCUT2D eigenvalue weighted by atomic mass is 16.2. The predicted octanol–water partition coefficient (Wildman–Crippen LogP) is 1.51. The molecule has 3 aromatic rings. The van der Waals surface area contributed by atoms with Gasteiger partial charge in [0.15, 0.2) is 0 Å². The van der Waals surface area contributed by atoms with Gasteiger partial charge in [0.25, 0.3) is 5.91 Å². The van der Waals surface area contributed by atoms with Gasteiger partial charge in [-0.1, -0.05) is 30.3 Å². The zero-order valence-corrected chi connectivity index (χ0v) is 14.9. The van der Waals surface area contributed by atoms with Gasteiger partial charge in [-0.2, -0.15) is 5.10 Å². The number of hydrogen-bond donors (Lipinski definition) is 2. The van der Waals surface area contributed by atoms with E-state index in [0.717, 1.165) is 18.8 Å². The summed E-state index contributed by atoms with van der Waals surface area (Å²) < 4.78 is 1.85. The highest BCUT2D eigenvalue weighted by molar-refractivity contribution is 5.92. The summed E-state index contributed by atoms with van der Waals surface area (Å²) in [5.41, 5.74) is 2.37. The lowest BCUT2D eigenvalue weighted by atomic mass is 10.2. The summed E-state index contributed by atoms with van der Waals surface area (Å²) in [6, 6.07) is 10.1. The Morgan fingerprint density at radius 1 is 1.07 bits per heavy atom. The molecule has 1 saturated heterocycles. The van der Waals surface area contributed by atoms with E-state index in [-0.39, 0.29) is 5.91 Å². The van der Waals surface area contributed by atoms with Crippen molar-refractivity contribution in [2.24, 2.45) is 0 Å². The van der Waals surface area contributed by atoms with E-state index in [9.17, 15) is 4.79 Å². The van der Waals surface area contributed by atoms with Gasteiger partial charge in [0.2, 0.25) is 0 Å². The third-order valence-electron chi connectivity index (χ3n) is 4.37. The monoisotopic (exact) mass is 363 g/mol. The van der Waals surface area contributed by atoms with Gasteiger partial charge in [0.05, 0.1) is 30.8 Å². The summed E-state index contributed by atoms with van der Waals surface area (Å²) in [4.78, 5) is 22.8. The molecule has 1 aliphatic heterocycles. The van der Waals surface area contributed by atoms with Crippen molar-refractivity contribution in [2.75, 3.05) is 31.5 Å². The minimum Gasteiger partial charge on any atom is -0.336 e. The van der Waals surface area contributed by atoms with Gasteiger partial charge in [-0.05, 0) is 5.56 Å². The first kappa shape index (κ1) is 17.2. The summed E-state index contributed by atoms with van der Waals surface area (Å²) in [5.74, 6) is 0.498. The number of hydrogen-bond acceptors (Lipinski definition) is 6. The molecule has 27 heavy (non-hydrogen) atoms. The van der Waals surface area contributed by atoms with Crippen LogP contribution in [0.2, 0.25) is 0 Å². The minimum absolute atomic E-state index is 0.0776. The standard InChI is InChI=1S/C19H21N7O/c27-19(25-8-6-20-7-9-25)17-11-22-18(12-21-17)24-16-10-23-26(14-16)13-15-4-2-1-3-5-15/h1-5,10-12,14,20H,6-9,13H2,(H,22,24). The summed E-state index contributed by atoms with van der Waals surface area (Å²) in [6.45, 7) is 3.71. The van der Waals surface area contributed by atoms with E-state index in [1.165, 1.54) is 11.8 Å². The number of anilines is 2. The molecular formula is C19H21N7O. The lowest BCUT2D eigenvalue weighted by molar-refractivity contribution is 0.0729. The van der Waals surface area contributed by atoms with Crippen LogP contribution in [0.5, 0.6) is 0 Å². The molecule has 0 radical (unpaired) electrons. The average Bonchev–Trinajstić information content (AvgIpc) is 3.16. The second-order valence-electron chi connectivity index (χ2n) is 6.37. The molecule has 0 aliphatic carbocycles. The van der Waals surface area contributed by atoms with Gasteiger partial charge in [-0.25, -0.2) is 9.97 Å². The summed E-state index contributed by atoms with van der Waals surface area (Å²) in [7, 11) is 0. The van der Waals surface area contributed by atoms with Gasteiger partial charge in [0.1, 0.15) is 11.5 Å². The molecule has 8 heteroatoms. The van der Waals surface area contributed by atoms with Crippen LogP contribution < -0.4 is 10.6 Å². The quantitative estimate of drug-likeness (QED) is 0.714. The molecule has 0 bridgehead atoms. The van der Waals surface area contributed by atoms with E-state index in [4.69, 9.17) is 0 Å². The Bertz CT molecular complexity index is 886. The van der Waals surface area contributed by atoms with E-state index in [0.29, 0.717) is 31.1 Å². The van der Waals surface area contributed by atoms with Gasteiger partial charge in [-0.3, -0.25) is 9.48 Å². The van der Waals surface area contributed by atoms with Crippen molar-refractivity contribution in [2.45, 2.75) is 6.54 Å². The number of amides is 1. The molecule has 2 N–H and O–H groups in total. The van der Waals surface area contributed by atoms with E-state index in [1.807, 2.05) is 29.1 Å². The Kier molecular flexibility index (Phi) is 5.06. The molecule has 1 aliphatic rings. The van der Waals surface area contributed by atoms with Crippen LogP contribution in [0.25, 0.3) is 0 Å². The first-order chi connectivity index (χ1) is 13.3. The zero-order chi connectivity index (χ0) is 18.5. The smallest absolute Gasteiger partial charge is 0.274 e. The van der Waals surface area contributed by atoms with Crippen molar-refractivity contribution in [1.29, 1.82) is 0 Å². The van der Waals surface area contributed by atoms with Crippen LogP contribution in [-0.4, -0.2) is 56.7 Å².